The highest BCUT2D eigenvalue weighted by molar-refractivity contribution is 7.22. The largest absolute Gasteiger partial charge is 0.457 e. The number of thiazole rings is 2. The molecule has 5 nitrogen and oxygen atoms in total. The summed E-state index contributed by atoms with van der Waals surface area (Å²) in [5.41, 5.74) is 3.95. The van der Waals surface area contributed by atoms with Crippen LogP contribution in [0, 0.1) is 0 Å². The molecule has 0 saturated carbocycles. The number of nitrogens with zero attached hydrogens (tertiary/aromatic N) is 2. The van der Waals surface area contributed by atoms with Gasteiger partial charge in [0.15, 0.2) is 10.3 Å². The van der Waals surface area contributed by atoms with Gasteiger partial charge in [-0.1, -0.05) is 46.9 Å². The normalized spacial score (nSPS) is 11.0. The number of hydrogen-bond donors (Lipinski definition) is 2. The predicted molar refractivity (Wildman–Crippen MR) is 139 cm³/mol. The fraction of sp³-hybridized carbons (Fsp3) is 0. The molecule has 2 N–H and O–H groups in total. The first-order valence-electron chi connectivity index (χ1n) is 10.4. The number of ether oxygens (including phenoxy) is 1. The quantitative estimate of drug-likeness (QED) is 0.259. The lowest BCUT2D eigenvalue weighted by atomic mass is 10.3. The van der Waals surface area contributed by atoms with E-state index in [-0.39, 0.29) is 0 Å². The first-order valence-corrected chi connectivity index (χ1v) is 12.0. The van der Waals surface area contributed by atoms with Crippen molar-refractivity contribution in [1.82, 2.24) is 9.97 Å². The molecular formula is C26H18N4OS2. The first kappa shape index (κ1) is 19.7. The average Bonchev–Trinajstić information content (AvgIpc) is 3.44. The van der Waals surface area contributed by atoms with Crippen LogP contribution < -0.4 is 15.4 Å². The van der Waals surface area contributed by atoms with E-state index < -0.39 is 0 Å². The molecule has 0 aliphatic rings. The molecule has 0 fully saturated rings. The molecule has 0 bridgehead atoms. The highest BCUT2D eigenvalue weighted by Gasteiger charge is 2.06. The van der Waals surface area contributed by atoms with Crippen LogP contribution in [0.4, 0.5) is 21.6 Å². The summed E-state index contributed by atoms with van der Waals surface area (Å²) in [5, 5.41) is 8.48. The van der Waals surface area contributed by atoms with Crippen molar-refractivity contribution >= 4 is 64.7 Å². The average molecular weight is 467 g/mol. The SMILES string of the molecule is c1ccc2sc(Nc3ccc(Oc4ccc(Nc5nc6ccccc6s5)cc4)cc3)nc2c1. The summed E-state index contributed by atoms with van der Waals surface area (Å²) in [6, 6.07) is 32.0. The van der Waals surface area contributed by atoms with Gasteiger partial charge >= 0.3 is 0 Å². The Morgan fingerprint density at radius 3 is 1.36 bits per heavy atom. The van der Waals surface area contributed by atoms with Crippen LogP contribution in [0.5, 0.6) is 11.5 Å². The third-order valence-electron chi connectivity index (χ3n) is 5.03. The molecule has 0 aliphatic carbocycles. The van der Waals surface area contributed by atoms with Gasteiger partial charge in [0, 0.05) is 11.4 Å². The van der Waals surface area contributed by atoms with Crippen LogP contribution in [0.25, 0.3) is 20.4 Å². The van der Waals surface area contributed by atoms with E-state index in [0.717, 1.165) is 44.2 Å². The highest BCUT2D eigenvalue weighted by Crippen LogP contribution is 2.31. The van der Waals surface area contributed by atoms with Gasteiger partial charge in [0.25, 0.3) is 0 Å². The molecular weight excluding hydrogens is 448 g/mol. The van der Waals surface area contributed by atoms with Gasteiger partial charge in [0.05, 0.1) is 20.4 Å². The van der Waals surface area contributed by atoms with Crippen molar-refractivity contribution in [3.05, 3.63) is 97.1 Å². The van der Waals surface area contributed by atoms with Gasteiger partial charge in [-0.3, -0.25) is 0 Å². The van der Waals surface area contributed by atoms with E-state index in [1.165, 1.54) is 9.40 Å². The Labute approximate surface area is 198 Å². The summed E-state index contributed by atoms with van der Waals surface area (Å²) in [6.07, 6.45) is 0. The minimum Gasteiger partial charge on any atom is -0.457 e. The number of anilines is 4. The Morgan fingerprint density at radius 1 is 0.515 bits per heavy atom. The third-order valence-corrected chi connectivity index (χ3v) is 6.94. The third kappa shape index (κ3) is 4.37. The van der Waals surface area contributed by atoms with Crippen molar-refractivity contribution in [2.75, 3.05) is 10.6 Å². The van der Waals surface area contributed by atoms with Crippen LogP contribution in [-0.2, 0) is 0 Å². The number of fused-ring (bicyclic) bond motifs is 2. The van der Waals surface area contributed by atoms with E-state index in [1.54, 1.807) is 22.7 Å². The molecule has 6 rings (SSSR count). The van der Waals surface area contributed by atoms with Gasteiger partial charge in [-0.2, -0.15) is 0 Å². The molecule has 160 valence electrons. The minimum absolute atomic E-state index is 0.775. The van der Waals surface area contributed by atoms with Crippen molar-refractivity contribution in [3.63, 3.8) is 0 Å². The van der Waals surface area contributed by atoms with Crippen LogP contribution in [0.3, 0.4) is 0 Å². The molecule has 0 radical (unpaired) electrons. The smallest absolute Gasteiger partial charge is 0.188 e. The Hall–Kier alpha value is -3.94. The number of hydrogen-bond acceptors (Lipinski definition) is 7. The molecule has 0 atom stereocenters. The van der Waals surface area contributed by atoms with Gasteiger partial charge in [-0.05, 0) is 72.8 Å². The van der Waals surface area contributed by atoms with Gasteiger partial charge < -0.3 is 15.4 Å². The summed E-state index contributed by atoms with van der Waals surface area (Å²) in [6.45, 7) is 0. The number of para-hydroxylation sites is 2. The van der Waals surface area contributed by atoms with Crippen molar-refractivity contribution < 1.29 is 4.74 Å². The summed E-state index contributed by atoms with van der Waals surface area (Å²) in [7, 11) is 0. The predicted octanol–water partition coefficient (Wildman–Crippen LogP) is 8.19. The second-order valence-electron chi connectivity index (χ2n) is 7.37. The Kier molecular flexibility index (Phi) is 5.10. The second kappa shape index (κ2) is 8.54. The fourth-order valence-electron chi connectivity index (χ4n) is 3.45. The molecule has 6 aromatic rings. The van der Waals surface area contributed by atoms with Crippen LogP contribution in [0.1, 0.15) is 0 Å². The fourth-order valence-corrected chi connectivity index (χ4v) is 5.22. The molecule has 0 spiro atoms. The van der Waals surface area contributed by atoms with E-state index in [9.17, 15) is 0 Å². The van der Waals surface area contributed by atoms with E-state index in [0.29, 0.717) is 0 Å². The second-order valence-corrected chi connectivity index (χ2v) is 9.44. The zero-order chi connectivity index (χ0) is 22.0. The minimum atomic E-state index is 0.775. The Bertz CT molecular complexity index is 1360. The maximum absolute atomic E-state index is 6.00. The lowest BCUT2D eigenvalue weighted by Gasteiger charge is -2.08. The number of aromatic nitrogens is 2. The summed E-state index contributed by atoms with van der Waals surface area (Å²) >= 11 is 3.28. The van der Waals surface area contributed by atoms with Gasteiger partial charge in [0.1, 0.15) is 11.5 Å². The molecule has 7 heteroatoms. The van der Waals surface area contributed by atoms with Gasteiger partial charge in [-0.25, -0.2) is 9.97 Å². The van der Waals surface area contributed by atoms with E-state index >= 15 is 0 Å². The number of nitrogens with one attached hydrogen (secondary N) is 2. The van der Waals surface area contributed by atoms with Crippen LogP contribution in [0.15, 0.2) is 97.1 Å². The molecule has 2 aromatic heterocycles. The molecule has 4 aromatic carbocycles. The van der Waals surface area contributed by atoms with E-state index in [4.69, 9.17) is 4.74 Å². The van der Waals surface area contributed by atoms with Crippen LogP contribution in [0.2, 0.25) is 0 Å². The molecule has 0 saturated heterocycles. The molecule has 33 heavy (non-hydrogen) atoms. The highest BCUT2D eigenvalue weighted by atomic mass is 32.1. The zero-order valence-corrected chi connectivity index (χ0v) is 19.0. The van der Waals surface area contributed by atoms with Crippen molar-refractivity contribution in [2.24, 2.45) is 0 Å². The van der Waals surface area contributed by atoms with Crippen molar-refractivity contribution in [3.8, 4) is 11.5 Å². The maximum Gasteiger partial charge on any atom is 0.188 e. The Balaban J connectivity index is 1.10. The summed E-state index contributed by atoms with van der Waals surface area (Å²) in [4.78, 5) is 9.23. The summed E-state index contributed by atoms with van der Waals surface area (Å²) < 4.78 is 8.34. The first-order chi connectivity index (χ1) is 16.3. The van der Waals surface area contributed by atoms with E-state index in [2.05, 4.69) is 32.7 Å². The van der Waals surface area contributed by atoms with Crippen molar-refractivity contribution in [1.29, 1.82) is 0 Å². The van der Waals surface area contributed by atoms with Gasteiger partial charge in [-0.15, -0.1) is 0 Å². The lowest BCUT2D eigenvalue weighted by molar-refractivity contribution is 0.483. The molecule has 0 aliphatic heterocycles. The molecule has 0 unspecified atom stereocenters. The van der Waals surface area contributed by atoms with Crippen LogP contribution >= 0.6 is 22.7 Å². The summed E-state index contributed by atoms with van der Waals surface area (Å²) in [5.74, 6) is 1.55. The zero-order valence-electron chi connectivity index (χ0n) is 17.4. The number of benzene rings is 4. The van der Waals surface area contributed by atoms with Crippen molar-refractivity contribution in [2.45, 2.75) is 0 Å². The monoisotopic (exact) mass is 466 g/mol. The Morgan fingerprint density at radius 2 is 0.939 bits per heavy atom. The van der Waals surface area contributed by atoms with E-state index in [1.807, 2.05) is 84.9 Å². The maximum atomic E-state index is 6.00. The molecule has 0 amide bonds. The standard InChI is InChI=1S/C26H18N4OS2/c1-3-7-23-21(5-1)29-25(32-23)27-17-9-13-19(14-10-17)31-20-15-11-18(12-16-20)28-26-30-22-6-2-4-8-24(22)33-26/h1-16H,(H,27,29)(H,28,30). The lowest BCUT2D eigenvalue weighted by Crippen LogP contribution is -1.91. The van der Waals surface area contributed by atoms with Gasteiger partial charge in [0.2, 0.25) is 0 Å². The topological polar surface area (TPSA) is 59.1 Å². The number of rotatable bonds is 6. The van der Waals surface area contributed by atoms with Crippen LogP contribution in [-0.4, -0.2) is 9.97 Å². The molecule has 2 heterocycles.